The lowest BCUT2D eigenvalue weighted by atomic mass is 9.97. The highest BCUT2D eigenvalue weighted by Gasteiger charge is 2.46. The summed E-state index contributed by atoms with van der Waals surface area (Å²) in [7, 11) is 0. The van der Waals surface area contributed by atoms with Crippen molar-refractivity contribution < 1.29 is 29.6 Å². The van der Waals surface area contributed by atoms with Crippen LogP contribution in [0.5, 0.6) is 5.75 Å². The maximum absolute atomic E-state index is 11.4. The van der Waals surface area contributed by atoms with E-state index in [-0.39, 0.29) is 0 Å². The molecular weight excluding hydrogens is 318 g/mol. The van der Waals surface area contributed by atoms with Crippen molar-refractivity contribution in [1.29, 1.82) is 0 Å². The van der Waals surface area contributed by atoms with Gasteiger partial charge >= 0.3 is 0 Å². The van der Waals surface area contributed by atoms with E-state index in [4.69, 9.17) is 9.47 Å². The van der Waals surface area contributed by atoms with Crippen molar-refractivity contribution in [3.63, 3.8) is 0 Å². The van der Waals surface area contributed by atoms with Crippen molar-refractivity contribution in [1.82, 2.24) is 15.5 Å². The second kappa shape index (κ2) is 6.73. The van der Waals surface area contributed by atoms with Crippen LogP contribution in [0.4, 0.5) is 0 Å². The lowest BCUT2D eigenvalue weighted by Crippen LogP contribution is -2.65. The highest BCUT2D eigenvalue weighted by Crippen LogP contribution is 2.26. The highest BCUT2D eigenvalue weighted by atomic mass is 16.7. The van der Waals surface area contributed by atoms with Gasteiger partial charge in [0.2, 0.25) is 12.2 Å². The molecule has 130 valence electrons. The molecule has 9 nitrogen and oxygen atoms in total. The topological polar surface area (TPSA) is 137 Å². The van der Waals surface area contributed by atoms with Crippen molar-refractivity contribution in [3.8, 4) is 5.75 Å². The number of ether oxygens (including phenoxy) is 2. The Morgan fingerprint density at radius 3 is 2.92 bits per heavy atom. The van der Waals surface area contributed by atoms with Crippen LogP contribution in [-0.4, -0.2) is 68.7 Å². The minimum Gasteiger partial charge on any atom is -0.463 e. The molecular formula is C15H19N3O6. The quantitative estimate of drug-likeness (QED) is 0.477. The van der Waals surface area contributed by atoms with E-state index in [9.17, 15) is 20.1 Å². The zero-order valence-corrected chi connectivity index (χ0v) is 12.9. The molecule has 0 radical (unpaired) electrons. The summed E-state index contributed by atoms with van der Waals surface area (Å²) in [5.74, 6) is 0.0284. The number of H-pyrrole nitrogens is 1. The monoisotopic (exact) mass is 337 g/mol. The van der Waals surface area contributed by atoms with Gasteiger partial charge in [-0.1, -0.05) is 0 Å². The minimum atomic E-state index is -1.34. The SMILES string of the molecule is CC(=O)N[C@@H]1C(Oc2ccc3[nH]ncc3c2)OC(CO)C(O)C1O. The number of carbonyl (C=O) groups excluding carboxylic acids is 1. The number of amides is 1. The third-order valence-electron chi connectivity index (χ3n) is 3.91. The summed E-state index contributed by atoms with van der Waals surface area (Å²) < 4.78 is 11.2. The Kier molecular flexibility index (Phi) is 4.67. The van der Waals surface area contributed by atoms with E-state index < -0.39 is 43.2 Å². The van der Waals surface area contributed by atoms with Gasteiger partial charge in [-0.25, -0.2) is 0 Å². The first-order chi connectivity index (χ1) is 11.5. The maximum Gasteiger partial charge on any atom is 0.223 e. The Morgan fingerprint density at radius 2 is 2.21 bits per heavy atom. The number of aliphatic hydroxyl groups is 3. The summed E-state index contributed by atoms with van der Waals surface area (Å²) in [6.45, 7) is 0.789. The summed E-state index contributed by atoms with van der Waals surface area (Å²) in [6.07, 6.45) is -3.16. The molecule has 2 aromatic rings. The largest absolute Gasteiger partial charge is 0.463 e. The second-order valence-electron chi connectivity index (χ2n) is 5.67. The van der Waals surface area contributed by atoms with Crippen LogP contribution in [0.2, 0.25) is 0 Å². The Bertz CT molecular complexity index is 720. The molecule has 2 heterocycles. The van der Waals surface area contributed by atoms with Crippen LogP contribution in [0.1, 0.15) is 6.92 Å². The molecule has 1 amide bonds. The molecule has 0 spiro atoms. The van der Waals surface area contributed by atoms with Crippen molar-refractivity contribution >= 4 is 16.8 Å². The number of benzene rings is 1. The van der Waals surface area contributed by atoms with E-state index in [1.807, 2.05) is 0 Å². The summed E-state index contributed by atoms with van der Waals surface area (Å²) in [4.78, 5) is 11.4. The predicted molar refractivity (Wildman–Crippen MR) is 82.1 cm³/mol. The van der Waals surface area contributed by atoms with Crippen LogP contribution in [0, 0.1) is 0 Å². The van der Waals surface area contributed by atoms with Gasteiger partial charge in [-0.2, -0.15) is 5.10 Å². The van der Waals surface area contributed by atoms with Gasteiger partial charge in [0, 0.05) is 12.3 Å². The molecule has 0 bridgehead atoms. The van der Waals surface area contributed by atoms with Gasteiger partial charge in [0.25, 0.3) is 0 Å². The summed E-state index contributed by atoms with van der Waals surface area (Å²) >= 11 is 0. The number of aromatic amines is 1. The zero-order valence-electron chi connectivity index (χ0n) is 12.9. The zero-order chi connectivity index (χ0) is 17.3. The lowest BCUT2D eigenvalue weighted by Gasteiger charge is -2.42. The molecule has 1 aliphatic heterocycles. The van der Waals surface area contributed by atoms with Crippen molar-refractivity contribution in [2.75, 3.05) is 6.61 Å². The average Bonchev–Trinajstić information content (AvgIpc) is 3.01. The number of aliphatic hydroxyl groups excluding tert-OH is 3. The van der Waals surface area contributed by atoms with E-state index in [0.29, 0.717) is 5.75 Å². The average molecular weight is 337 g/mol. The predicted octanol–water partition coefficient (Wildman–Crippen LogP) is -1.11. The number of nitrogens with zero attached hydrogens (tertiary/aromatic N) is 1. The maximum atomic E-state index is 11.4. The molecule has 1 aromatic carbocycles. The van der Waals surface area contributed by atoms with Gasteiger partial charge in [-0.3, -0.25) is 9.89 Å². The van der Waals surface area contributed by atoms with E-state index in [1.165, 1.54) is 6.92 Å². The molecule has 9 heteroatoms. The smallest absolute Gasteiger partial charge is 0.223 e. The Hall–Kier alpha value is -2.20. The standard InChI is InChI=1S/C15H19N3O6/c1-7(20)17-12-14(22)13(21)11(6-19)24-15(12)23-9-2-3-10-8(4-9)5-16-18-10/h2-5,11-15,19,21-22H,6H2,1H3,(H,16,18)(H,17,20)/t11?,12-,13?,14?,15?/m0/s1. The molecule has 3 rings (SSSR count). The molecule has 4 unspecified atom stereocenters. The fourth-order valence-corrected chi connectivity index (χ4v) is 2.70. The van der Waals surface area contributed by atoms with E-state index >= 15 is 0 Å². The lowest BCUT2D eigenvalue weighted by molar-refractivity contribution is -0.244. The molecule has 5 N–H and O–H groups in total. The molecule has 0 saturated carbocycles. The van der Waals surface area contributed by atoms with Crippen LogP contribution in [-0.2, 0) is 9.53 Å². The van der Waals surface area contributed by atoms with Crippen molar-refractivity contribution in [3.05, 3.63) is 24.4 Å². The van der Waals surface area contributed by atoms with Gasteiger partial charge in [-0.15, -0.1) is 0 Å². The van der Waals surface area contributed by atoms with Crippen LogP contribution in [0.3, 0.4) is 0 Å². The number of fused-ring (bicyclic) bond motifs is 1. The van der Waals surface area contributed by atoms with Gasteiger partial charge in [0.05, 0.1) is 18.3 Å². The van der Waals surface area contributed by atoms with Gasteiger partial charge in [0.15, 0.2) is 0 Å². The fourth-order valence-electron chi connectivity index (χ4n) is 2.70. The summed E-state index contributed by atoms with van der Waals surface area (Å²) in [6, 6.07) is 4.18. The van der Waals surface area contributed by atoms with Gasteiger partial charge in [-0.05, 0) is 18.2 Å². The van der Waals surface area contributed by atoms with E-state index in [0.717, 1.165) is 10.9 Å². The molecule has 1 aliphatic rings. The molecule has 24 heavy (non-hydrogen) atoms. The van der Waals surface area contributed by atoms with Crippen LogP contribution >= 0.6 is 0 Å². The Labute approximate surface area is 137 Å². The normalized spacial score (nSPS) is 30.2. The number of hydrogen-bond donors (Lipinski definition) is 5. The van der Waals surface area contributed by atoms with E-state index in [2.05, 4.69) is 15.5 Å². The van der Waals surface area contributed by atoms with Crippen molar-refractivity contribution in [2.45, 2.75) is 37.6 Å². The number of hydrogen-bond acceptors (Lipinski definition) is 7. The first kappa shape index (κ1) is 16.7. The van der Waals surface area contributed by atoms with Crippen molar-refractivity contribution in [2.24, 2.45) is 0 Å². The van der Waals surface area contributed by atoms with Crippen LogP contribution in [0.15, 0.2) is 24.4 Å². The molecule has 5 atom stereocenters. The minimum absolute atomic E-state index is 0.406. The Balaban J connectivity index is 1.84. The van der Waals surface area contributed by atoms with E-state index in [1.54, 1.807) is 24.4 Å². The third kappa shape index (κ3) is 3.20. The summed E-state index contributed by atoms with van der Waals surface area (Å²) in [5.41, 5.74) is 0.828. The summed E-state index contributed by atoms with van der Waals surface area (Å²) in [5, 5.41) is 39.5. The fraction of sp³-hybridized carbons (Fsp3) is 0.467. The van der Waals surface area contributed by atoms with Crippen LogP contribution in [0.25, 0.3) is 10.9 Å². The number of rotatable bonds is 4. The molecule has 1 saturated heterocycles. The van der Waals surface area contributed by atoms with Crippen LogP contribution < -0.4 is 10.1 Å². The number of aromatic nitrogens is 2. The number of carbonyl (C=O) groups is 1. The van der Waals surface area contributed by atoms with Gasteiger partial charge in [0.1, 0.15) is 30.1 Å². The Morgan fingerprint density at radius 1 is 1.42 bits per heavy atom. The number of nitrogens with one attached hydrogen (secondary N) is 2. The second-order valence-corrected chi connectivity index (χ2v) is 5.67. The van der Waals surface area contributed by atoms with Gasteiger partial charge < -0.3 is 30.1 Å². The molecule has 0 aliphatic carbocycles. The third-order valence-corrected chi connectivity index (χ3v) is 3.91. The first-order valence-corrected chi connectivity index (χ1v) is 7.49. The molecule has 1 fully saturated rings. The first-order valence-electron chi connectivity index (χ1n) is 7.49. The highest BCUT2D eigenvalue weighted by molar-refractivity contribution is 5.79. The molecule has 1 aromatic heterocycles.